The van der Waals surface area contributed by atoms with E-state index in [1.807, 2.05) is 13.8 Å². The molecule has 0 spiro atoms. The summed E-state index contributed by atoms with van der Waals surface area (Å²) in [5.74, 6) is -0.510. The highest BCUT2D eigenvalue weighted by molar-refractivity contribution is 7.16. The molecule has 0 aliphatic carbocycles. The van der Waals surface area contributed by atoms with Crippen molar-refractivity contribution in [2.75, 3.05) is 5.32 Å². The van der Waals surface area contributed by atoms with Crippen LogP contribution in [0, 0.1) is 32.1 Å². The second-order valence-corrected chi connectivity index (χ2v) is 5.67. The van der Waals surface area contributed by atoms with E-state index in [9.17, 15) is 9.59 Å². The molecule has 0 fully saturated rings. The largest absolute Gasteiger partial charge is 0.364 e. The Hall–Kier alpha value is -2.39. The highest BCUT2D eigenvalue weighted by Crippen LogP contribution is 2.31. The van der Waals surface area contributed by atoms with Crippen molar-refractivity contribution in [1.82, 2.24) is 4.98 Å². The molecule has 2 aromatic heterocycles. The van der Waals surface area contributed by atoms with Gasteiger partial charge in [-0.2, -0.15) is 5.26 Å². The number of anilines is 1. The number of nitrogens with one attached hydrogen (secondary N) is 2. The number of amides is 1. The summed E-state index contributed by atoms with van der Waals surface area (Å²) in [6.45, 7) is 5.46. The Balaban J connectivity index is 2.36. The van der Waals surface area contributed by atoms with Crippen molar-refractivity contribution in [1.29, 1.82) is 5.26 Å². The van der Waals surface area contributed by atoms with Crippen LogP contribution in [0.15, 0.2) is 17.1 Å². The van der Waals surface area contributed by atoms with Crippen LogP contribution in [-0.2, 0) is 0 Å². The summed E-state index contributed by atoms with van der Waals surface area (Å²) < 4.78 is 0. The van der Waals surface area contributed by atoms with Gasteiger partial charge in [-0.3, -0.25) is 9.59 Å². The minimum Gasteiger partial charge on any atom is -0.364 e. The molecule has 20 heavy (non-hydrogen) atoms. The number of thiophene rings is 1. The maximum Gasteiger partial charge on any atom is 0.261 e. The molecule has 0 atom stereocenters. The Bertz CT molecular complexity index is 781. The van der Waals surface area contributed by atoms with Gasteiger partial charge in [-0.25, -0.2) is 0 Å². The standard InChI is InChI=1S/C14H13N3O2S/c1-7-4-12(18)11(6-16-7)13(19)17-14-10(5-15)8(2)9(3)20-14/h4,6H,1-3H3,(H,16,18)(H,17,19). The number of carbonyl (C=O) groups is 1. The number of hydrogen-bond acceptors (Lipinski definition) is 4. The minimum absolute atomic E-state index is 0.0307. The summed E-state index contributed by atoms with van der Waals surface area (Å²) >= 11 is 1.33. The predicted octanol–water partition coefficient (Wildman–Crippen LogP) is 2.49. The Labute approximate surface area is 119 Å². The van der Waals surface area contributed by atoms with Gasteiger partial charge in [0.15, 0.2) is 5.43 Å². The van der Waals surface area contributed by atoms with E-state index < -0.39 is 5.91 Å². The summed E-state index contributed by atoms with van der Waals surface area (Å²) in [6.07, 6.45) is 1.38. The van der Waals surface area contributed by atoms with Gasteiger partial charge >= 0.3 is 0 Å². The molecule has 0 aliphatic heterocycles. The van der Waals surface area contributed by atoms with Crippen molar-refractivity contribution in [3.8, 4) is 6.07 Å². The first kappa shape index (κ1) is 14.0. The third-order valence-electron chi connectivity index (χ3n) is 3.03. The maximum absolute atomic E-state index is 12.1. The van der Waals surface area contributed by atoms with Gasteiger partial charge in [-0.15, -0.1) is 11.3 Å². The lowest BCUT2D eigenvalue weighted by atomic mass is 10.2. The topological polar surface area (TPSA) is 85.8 Å². The lowest BCUT2D eigenvalue weighted by Gasteiger charge is -2.03. The monoisotopic (exact) mass is 287 g/mol. The summed E-state index contributed by atoms with van der Waals surface area (Å²) in [5, 5.41) is 12.2. The molecule has 2 aromatic rings. The number of nitriles is 1. The highest BCUT2D eigenvalue weighted by Gasteiger charge is 2.17. The van der Waals surface area contributed by atoms with Crippen molar-refractivity contribution in [2.45, 2.75) is 20.8 Å². The van der Waals surface area contributed by atoms with Crippen LogP contribution < -0.4 is 10.7 Å². The fraction of sp³-hybridized carbons (Fsp3) is 0.214. The van der Waals surface area contributed by atoms with Crippen LogP contribution in [0.1, 0.15) is 32.1 Å². The Morgan fingerprint density at radius 1 is 1.40 bits per heavy atom. The van der Waals surface area contributed by atoms with Crippen LogP contribution in [0.4, 0.5) is 5.00 Å². The SMILES string of the molecule is Cc1cc(=O)c(C(=O)Nc2sc(C)c(C)c2C#N)c[nH]1. The lowest BCUT2D eigenvalue weighted by molar-refractivity contribution is 0.102. The van der Waals surface area contributed by atoms with Crippen LogP contribution in [0.3, 0.4) is 0 Å². The van der Waals surface area contributed by atoms with Crippen LogP contribution in [0.2, 0.25) is 0 Å². The van der Waals surface area contributed by atoms with Gasteiger partial charge < -0.3 is 10.3 Å². The first-order valence-electron chi connectivity index (χ1n) is 5.94. The van der Waals surface area contributed by atoms with E-state index in [0.717, 1.165) is 10.4 Å². The Morgan fingerprint density at radius 3 is 2.70 bits per heavy atom. The molecule has 0 aliphatic rings. The van der Waals surface area contributed by atoms with Gasteiger partial charge in [0.2, 0.25) is 0 Å². The van der Waals surface area contributed by atoms with Gasteiger partial charge in [0.1, 0.15) is 16.6 Å². The number of carbonyl (C=O) groups excluding carboxylic acids is 1. The quantitative estimate of drug-likeness (QED) is 0.889. The van der Waals surface area contributed by atoms with E-state index in [0.29, 0.717) is 16.3 Å². The molecule has 0 aromatic carbocycles. The molecule has 2 N–H and O–H groups in total. The molecule has 2 heterocycles. The second kappa shape index (κ2) is 5.31. The lowest BCUT2D eigenvalue weighted by Crippen LogP contribution is -2.21. The van der Waals surface area contributed by atoms with Crippen molar-refractivity contribution in [3.63, 3.8) is 0 Å². The molecular formula is C14H13N3O2S. The number of nitrogens with zero attached hydrogens (tertiary/aromatic N) is 1. The van der Waals surface area contributed by atoms with Crippen molar-refractivity contribution >= 4 is 22.2 Å². The van der Waals surface area contributed by atoms with Crippen LogP contribution in [0.5, 0.6) is 0 Å². The number of aromatic nitrogens is 1. The minimum atomic E-state index is -0.510. The zero-order valence-electron chi connectivity index (χ0n) is 11.3. The first-order chi connectivity index (χ1) is 9.43. The first-order valence-corrected chi connectivity index (χ1v) is 6.76. The van der Waals surface area contributed by atoms with Gasteiger partial charge in [-0.05, 0) is 26.3 Å². The summed E-state index contributed by atoms with van der Waals surface area (Å²) in [4.78, 5) is 27.7. The Morgan fingerprint density at radius 2 is 2.10 bits per heavy atom. The number of hydrogen-bond donors (Lipinski definition) is 2. The Kier molecular flexibility index (Phi) is 3.72. The number of rotatable bonds is 2. The van der Waals surface area contributed by atoms with Crippen LogP contribution >= 0.6 is 11.3 Å². The van der Waals surface area contributed by atoms with Crippen LogP contribution in [-0.4, -0.2) is 10.9 Å². The average molecular weight is 287 g/mol. The van der Waals surface area contributed by atoms with E-state index in [1.54, 1.807) is 6.92 Å². The van der Waals surface area contributed by atoms with Crippen molar-refractivity contribution < 1.29 is 4.79 Å². The molecule has 0 radical (unpaired) electrons. The molecular weight excluding hydrogens is 274 g/mol. The van der Waals surface area contributed by atoms with Gasteiger partial charge in [0, 0.05) is 22.8 Å². The third kappa shape index (κ3) is 2.49. The fourth-order valence-corrected chi connectivity index (χ4v) is 2.78. The van der Waals surface area contributed by atoms with Gasteiger partial charge in [0.05, 0.1) is 5.56 Å². The zero-order chi connectivity index (χ0) is 14.9. The molecule has 0 saturated carbocycles. The van der Waals surface area contributed by atoms with E-state index >= 15 is 0 Å². The van der Waals surface area contributed by atoms with Gasteiger partial charge in [-0.1, -0.05) is 0 Å². The molecule has 0 unspecified atom stereocenters. The predicted molar refractivity (Wildman–Crippen MR) is 78.3 cm³/mol. The normalized spacial score (nSPS) is 10.1. The number of pyridine rings is 1. The second-order valence-electron chi connectivity index (χ2n) is 4.45. The highest BCUT2D eigenvalue weighted by atomic mass is 32.1. The maximum atomic E-state index is 12.1. The van der Waals surface area contributed by atoms with E-state index in [1.165, 1.54) is 23.6 Å². The molecule has 0 saturated heterocycles. The molecule has 6 heteroatoms. The zero-order valence-corrected chi connectivity index (χ0v) is 12.1. The summed E-state index contributed by atoms with van der Waals surface area (Å²) in [6, 6.07) is 3.44. The molecule has 2 rings (SSSR count). The van der Waals surface area contributed by atoms with E-state index in [-0.39, 0.29) is 11.0 Å². The van der Waals surface area contributed by atoms with Crippen molar-refractivity contribution in [3.05, 3.63) is 49.7 Å². The average Bonchev–Trinajstić information content (AvgIpc) is 2.64. The third-order valence-corrected chi connectivity index (χ3v) is 4.15. The number of aryl methyl sites for hydroxylation is 2. The van der Waals surface area contributed by atoms with Gasteiger partial charge in [0.25, 0.3) is 5.91 Å². The number of H-pyrrole nitrogens is 1. The molecule has 5 nitrogen and oxygen atoms in total. The summed E-state index contributed by atoms with van der Waals surface area (Å²) in [7, 11) is 0. The summed E-state index contributed by atoms with van der Waals surface area (Å²) in [5.41, 5.74) is 1.67. The fourth-order valence-electron chi connectivity index (χ4n) is 1.77. The smallest absolute Gasteiger partial charge is 0.261 e. The van der Waals surface area contributed by atoms with Crippen molar-refractivity contribution in [2.24, 2.45) is 0 Å². The molecule has 1 amide bonds. The molecule has 0 bridgehead atoms. The number of aromatic amines is 1. The molecule has 102 valence electrons. The van der Waals surface area contributed by atoms with E-state index in [2.05, 4.69) is 16.4 Å². The van der Waals surface area contributed by atoms with E-state index in [4.69, 9.17) is 5.26 Å². The van der Waals surface area contributed by atoms with Crippen LogP contribution in [0.25, 0.3) is 0 Å².